The summed E-state index contributed by atoms with van der Waals surface area (Å²) in [6.45, 7) is 0.466. The van der Waals surface area contributed by atoms with Crippen LogP contribution in [-0.4, -0.2) is 22.7 Å². The Morgan fingerprint density at radius 2 is 1.42 bits per heavy atom. The Morgan fingerprint density at radius 1 is 0.846 bits per heavy atom. The van der Waals surface area contributed by atoms with Crippen LogP contribution >= 0.6 is 0 Å². The van der Waals surface area contributed by atoms with Crippen molar-refractivity contribution in [3.05, 3.63) is 95.6 Å². The van der Waals surface area contributed by atoms with Crippen molar-refractivity contribution in [2.75, 3.05) is 6.54 Å². The van der Waals surface area contributed by atoms with Crippen LogP contribution in [0.15, 0.2) is 78.9 Å². The molecule has 132 valence electrons. The summed E-state index contributed by atoms with van der Waals surface area (Å²) in [6, 6.07) is 24.3. The van der Waals surface area contributed by atoms with Crippen LogP contribution in [0.4, 0.5) is 0 Å². The second-order valence-corrected chi connectivity index (χ2v) is 6.12. The standard InChI is InChI=1S/C22H21NO3/c24-18-11-12-20(21(25)15-18)22(26)23-14-13-19(16-7-3-1-4-8-16)17-9-5-2-6-10-17/h1-12,15,19,24-25H,13-14H2,(H,23,26). The lowest BCUT2D eigenvalue weighted by Gasteiger charge is -2.18. The van der Waals surface area contributed by atoms with Gasteiger partial charge in [-0.05, 0) is 29.7 Å². The molecule has 26 heavy (non-hydrogen) atoms. The van der Waals surface area contributed by atoms with Crippen LogP contribution in [0.2, 0.25) is 0 Å². The third-order valence-corrected chi connectivity index (χ3v) is 4.35. The molecule has 0 aliphatic heterocycles. The lowest BCUT2D eigenvalue weighted by Crippen LogP contribution is -2.26. The Balaban J connectivity index is 1.69. The van der Waals surface area contributed by atoms with Crippen molar-refractivity contribution in [1.82, 2.24) is 5.32 Å². The third kappa shape index (κ3) is 4.22. The highest BCUT2D eigenvalue weighted by Gasteiger charge is 2.16. The SMILES string of the molecule is O=C(NCCC(c1ccccc1)c1ccccc1)c1ccc(O)cc1O. The van der Waals surface area contributed by atoms with E-state index in [-0.39, 0.29) is 28.9 Å². The van der Waals surface area contributed by atoms with Crippen molar-refractivity contribution in [3.8, 4) is 11.5 Å². The van der Waals surface area contributed by atoms with Crippen molar-refractivity contribution < 1.29 is 15.0 Å². The predicted molar refractivity (Wildman–Crippen MR) is 101 cm³/mol. The number of hydrogen-bond acceptors (Lipinski definition) is 3. The normalized spacial score (nSPS) is 10.7. The van der Waals surface area contributed by atoms with Crippen LogP contribution in [0.25, 0.3) is 0 Å². The smallest absolute Gasteiger partial charge is 0.255 e. The summed E-state index contributed by atoms with van der Waals surface area (Å²) < 4.78 is 0. The topological polar surface area (TPSA) is 69.6 Å². The number of nitrogens with one attached hydrogen (secondary N) is 1. The molecule has 0 aromatic heterocycles. The van der Waals surface area contributed by atoms with Crippen LogP contribution < -0.4 is 5.32 Å². The Kier molecular flexibility index (Phi) is 5.54. The van der Waals surface area contributed by atoms with Crippen molar-refractivity contribution >= 4 is 5.91 Å². The second-order valence-electron chi connectivity index (χ2n) is 6.12. The van der Waals surface area contributed by atoms with Crippen LogP contribution in [0, 0.1) is 0 Å². The van der Waals surface area contributed by atoms with Crippen molar-refractivity contribution in [2.24, 2.45) is 0 Å². The molecule has 0 aliphatic carbocycles. The largest absolute Gasteiger partial charge is 0.508 e. The molecule has 0 heterocycles. The van der Waals surface area contributed by atoms with Gasteiger partial charge in [0.15, 0.2) is 0 Å². The molecule has 0 saturated carbocycles. The van der Waals surface area contributed by atoms with Crippen molar-refractivity contribution in [3.63, 3.8) is 0 Å². The van der Waals surface area contributed by atoms with E-state index in [0.717, 1.165) is 12.5 Å². The highest BCUT2D eigenvalue weighted by molar-refractivity contribution is 5.96. The van der Waals surface area contributed by atoms with Gasteiger partial charge in [-0.3, -0.25) is 4.79 Å². The Bertz CT molecular complexity index is 824. The molecule has 4 nitrogen and oxygen atoms in total. The fraction of sp³-hybridized carbons (Fsp3) is 0.136. The van der Waals surface area contributed by atoms with Gasteiger partial charge in [-0.25, -0.2) is 0 Å². The number of phenolic OH excluding ortho intramolecular Hbond substituents is 2. The Hall–Kier alpha value is -3.27. The number of rotatable bonds is 6. The first-order valence-electron chi connectivity index (χ1n) is 8.55. The van der Waals surface area contributed by atoms with E-state index in [1.165, 1.54) is 23.3 Å². The maximum Gasteiger partial charge on any atom is 0.255 e. The highest BCUT2D eigenvalue weighted by Crippen LogP contribution is 2.27. The number of hydrogen-bond donors (Lipinski definition) is 3. The lowest BCUT2D eigenvalue weighted by molar-refractivity contribution is 0.0950. The number of amides is 1. The minimum absolute atomic E-state index is 0.0766. The number of aromatic hydroxyl groups is 2. The minimum atomic E-state index is -0.359. The van der Waals surface area contributed by atoms with E-state index < -0.39 is 0 Å². The summed E-state index contributed by atoms with van der Waals surface area (Å²) in [5.74, 6) is -0.495. The van der Waals surface area contributed by atoms with E-state index in [2.05, 4.69) is 29.6 Å². The highest BCUT2D eigenvalue weighted by atomic mass is 16.3. The zero-order valence-corrected chi connectivity index (χ0v) is 14.3. The fourth-order valence-corrected chi connectivity index (χ4v) is 3.03. The van der Waals surface area contributed by atoms with Crippen LogP contribution in [0.5, 0.6) is 11.5 Å². The van der Waals surface area contributed by atoms with E-state index in [1.807, 2.05) is 36.4 Å². The Labute approximate surface area is 152 Å². The zero-order valence-electron chi connectivity index (χ0n) is 14.3. The minimum Gasteiger partial charge on any atom is -0.508 e. The molecule has 0 unspecified atom stereocenters. The predicted octanol–water partition coefficient (Wildman–Crippen LogP) is 4.05. The fourth-order valence-electron chi connectivity index (χ4n) is 3.03. The number of benzene rings is 3. The number of carbonyl (C=O) groups excluding carboxylic acids is 1. The molecule has 3 rings (SSSR count). The molecule has 0 atom stereocenters. The van der Waals surface area contributed by atoms with Gasteiger partial charge in [-0.1, -0.05) is 60.7 Å². The summed E-state index contributed by atoms with van der Waals surface area (Å²) in [5, 5.41) is 22.0. The van der Waals surface area contributed by atoms with Gasteiger partial charge in [-0.2, -0.15) is 0 Å². The number of phenols is 2. The van der Waals surface area contributed by atoms with Gasteiger partial charge in [0.25, 0.3) is 5.91 Å². The Morgan fingerprint density at radius 3 is 1.96 bits per heavy atom. The summed E-state index contributed by atoms with van der Waals surface area (Å²) >= 11 is 0. The second kappa shape index (κ2) is 8.21. The van der Waals surface area contributed by atoms with Gasteiger partial charge in [0.2, 0.25) is 0 Å². The monoisotopic (exact) mass is 347 g/mol. The van der Waals surface area contributed by atoms with Gasteiger partial charge in [0.05, 0.1) is 5.56 Å². The first-order valence-corrected chi connectivity index (χ1v) is 8.55. The molecule has 3 aromatic rings. The summed E-state index contributed by atoms with van der Waals surface area (Å²) in [5.41, 5.74) is 2.54. The number of carbonyl (C=O) groups is 1. The third-order valence-electron chi connectivity index (χ3n) is 4.35. The van der Waals surface area contributed by atoms with Crippen molar-refractivity contribution in [1.29, 1.82) is 0 Å². The molecule has 0 bridgehead atoms. The quantitative estimate of drug-likeness (QED) is 0.630. The summed E-state index contributed by atoms with van der Waals surface area (Å²) in [6.07, 6.45) is 0.735. The first kappa shape index (κ1) is 17.5. The van der Waals surface area contributed by atoms with E-state index in [1.54, 1.807) is 0 Å². The molecule has 4 heteroatoms. The summed E-state index contributed by atoms with van der Waals surface area (Å²) in [7, 11) is 0. The van der Waals surface area contributed by atoms with Crippen LogP contribution in [0.3, 0.4) is 0 Å². The molecular weight excluding hydrogens is 326 g/mol. The van der Waals surface area contributed by atoms with E-state index in [4.69, 9.17) is 0 Å². The molecule has 0 fully saturated rings. The van der Waals surface area contributed by atoms with Gasteiger partial charge in [-0.15, -0.1) is 0 Å². The van der Waals surface area contributed by atoms with Gasteiger partial charge >= 0.3 is 0 Å². The van der Waals surface area contributed by atoms with Gasteiger partial charge < -0.3 is 15.5 Å². The van der Waals surface area contributed by atoms with E-state index in [9.17, 15) is 15.0 Å². The molecule has 0 saturated heterocycles. The van der Waals surface area contributed by atoms with E-state index >= 15 is 0 Å². The zero-order chi connectivity index (χ0) is 18.4. The van der Waals surface area contributed by atoms with Crippen LogP contribution in [0.1, 0.15) is 33.8 Å². The summed E-state index contributed by atoms with van der Waals surface area (Å²) in [4.78, 5) is 12.3. The van der Waals surface area contributed by atoms with Gasteiger partial charge in [0, 0.05) is 18.5 Å². The average Bonchev–Trinajstić information content (AvgIpc) is 2.66. The molecule has 1 amide bonds. The van der Waals surface area contributed by atoms with E-state index in [0.29, 0.717) is 6.54 Å². The molecule has 0 aliphatic rings. The maximum absolute atomic E-state index is 12.3. The van der Waals surface area contributed by atoms with Gasteiger partial charge in [0.1, 0.15) is 11.5 Å². The van der Waals surface area contributed by atoms with Crippen molar-refractivity contribution in [2.45, 2.75) is 12.3 Å². The maximum atomic E-state index is 12.3. The van der Waals surface area contributed by atoms with Crippen LogP contribution in [-0.2, 0) is 0 Å². The molecular formula is C22H21NO3. The molecule has 0 radical (unpaired) electrons. The molecule has 0 spiro atoms. The first-order chi connectivity index (χ1) is 12.6. The average molecular weight is 347 g/mol. The molecule has 3 aromatic carbocycles. The lowest BCUT2D eigenvalue weighted by atomic mass is 9.88. The molecule has 3 N–H and O–H groups in total.